The lowest BCUT2D eigenvalue weighted by molar-refractivity contribution is -0.156. The van der Waals surface area contributed by atoms with Crippen LogP contribution < -0.4 is 9.47 Å². The molecule has 18 heavy (non-hydrogen) atoms. The molecule has 2 rings (SSSR count). The van der Waals surface area contributed by atoms with Gasteiger partial charge in [-0.25, -0.2) is 4.79 Å². The molecule has 1 unspecified atom stereocenters. The first kappa shape index (κ1) is 12.7. The summed E-state index contributed by atoms with van der Waals surface area (Å²) in [5, 5.41) is 18.6. The summed E-state index contributed by atoms with van der Waals surface area (Å²) in [5.41, 5.74) is -1.08. The highest BCUT2D eigenvalue weighted by Gasteiger charge is 2.30. The van der Waals surface area contributed by atoms with Crippen molar-refractivity contribution in [3.8, 4) is 11.5 Å². The van der Waals surface area contributed by atoms with Gasteiger partial charge in [-0.3, -0.25) is 0 Å². The van der Waals surface area contributed by atoms with Crippen LogP contribution >= 0.6 is 0 Å². The molecule has 0 radical (unpaired) electrons. The average Bonchev–Trinajstić information content (AvgIpc) is 2.52. The first-order chi connectivity index (χ1) is 8.49. The molecule has 0 aromatic heterocycles. The summed E-state index contributed by atoms with van der Waals surface area (Å²) in [7, 11) is 0. The van der Waals surface area contributed by atoms with Gasteiger partial charge in [0.25, 0.3) is 0 Å². The summed E-state index contributed by atoms with van der Waals surface area (Å²) in [6, 6.07) is 5.21. The standard InChI is InChI=1S/C13H16O5/c1-13(16,12(14)15)8-9-3-4-10-11(7-9)18-6-2-5-17-10/h3-4,7,16H,2,5-6,8H2,1H3,(H,14,15). The van der Waals surface area contributed by atoms with E-state index in [0.717, 1.165) is 6.42 Å². The second-order valence-corrected chi connectivity index (χ2v) is 4.59. The van der Waals surface area contributed by atoms with E-state index in [1.54, 1.807) is 18.2 Å². The van der Waals surface area contributed by atoms with E-state index in [0.29, 0.717) is 30.3 Å². The monoisotopic (exact) mass is 252 g/mol. The van der Waals surface area contributed by atoms with Gasteiger partial charge in [0.2, 0.25) is 0 Å². The van der Waals surface area contributed by atoms with Crippen molar-refractivity contribution in [3.63, 3.8) is 0 Å². The number of aliphatic carboxylic acids is 1. The number of hydrogen-bond donors (Lipinski definition) is 2. The lowest BCUT2D eigenvalue weighted by atomic mass is 9.96. The lowest BCUT2D eigenvalue weighted by Gasteiger charge is -2.18. The van der Waals surface area contributed by atoms with Crippen molar-refractivity contribution in [2.75, 3.05) is 13.2 Å². The Morgan fingerprint density at radius 3 is 2.67 bits per heavy atom. The zero-order chi connectivity index (χ0) is 13.2. The largest absolute Gasteiger partial charge is 0.490 e. The normalized spacial score (nSPS) is 17.7. The van der Waals surface area contributed by atoms with Crippen molar-refractivity contribution in [2.45, 2.75) is 25.4 Å². The Hall–Kier alpha value is -1.75. The molecular weight excluding hydrogens is 236 g/mol. The highest BCUT2D eigenvalue weighted by atomic mass is 16.5. The fourth-order valence-electron chi connectivity index (χ4n) is 1.79. The second kappa shape index (κ2) is 4.86. The predicted octanol–water partition coefficient (Wildman–Crippen LogP) is 1.23. The third-order valence-corrected chi connectivity index (χ3v) is 2.82. The van der Waals surface area contributed by atoms with Crippen molar-refractivity contribution >= 4 is 5.97 Å². The number of carboxylic acids is 1. The van der Waals surface area contributed by atoms with Crippen molar-refractivity contribution in [3.05, 3.63) is 23.8 Å². The summed E-state index contributed by atoms with van der Waals surface area (Å²) < 4.78 is 11.0. The van der Waals surface area contributed by atoms with Gasteiger partial charge in [-0.1, -0.05) is 6.07 Å². The van der Waals surface area contributed by atoms with Gasteiger partial charge >= 0.3 is 5.97 Å². The molecule has 1 aliphatic heterocycles. The Labute approximate surface area is 105 Å². The van der Waals surface area contributed by atoms with E-state index in [1.165, 1.54) is 6.92 Å². The number of fused-ring (bicyclic) bond motifs is 1. The van der Waals surface area contributed by atoms with Crippen molar-refractivity contribution < 1.29 is 24.5 Å². The zero-order valence-electron chi connectivity index (χ0n) is 10.2. The Morgan fingerprint density at radius 1 is 1.33 bits per heavy atom. The molecule has 2 N–H and O–H groups in total. The molecule has 1 atom stereocenters. The molecule has 1 heterocycles. The quantitative estimate of drug-likeness (QED) is 0.846. The number of benzene rings is 1. The van der Waals surface area contributed by atoms with Crippen LogP contribution in [0, 0.1) is 0 Å². The minimum Gasteiger partial charge on any atom is -0.490 e. The van der Waals surface area contributed by atoms with Gasteiger partial charge in [-0.2, -0.15) is 0 Å². The first-order valence-corrected chi connectivity index (χ1v) is 5.83. The molecule has 0 aliphatic carbocycles. The van der Waals surface area contributed by atoms with Gasteiger partial charge in [0, 0.05) is 12.8 Å². The third kappa shape index (κ3) is 2.73. The van der Waals surface area contributed by atoms with Crippen LogP contribution in [0.25, 0.3) is 0 Å². The maximum Gasteiger partial charge on any atom is 0.335 e. The summed E-state index contributed by atoms with van der Waals surface area (Å²) >= 11 is 0. The number of hydrogen-bond acceptors (Lipinski definition) is 4. The Kier molecular flexibility index (Phi) is 3.43. The van der Waals surface area contributed by atoms with Gasteiger partial charge < -0.3 is 19.7 Å². The van der Waals surface area contributed by atoms with E-state index in [1.807, 2.05) is 0 Å². The summed E-state index contributed by atoms with van der Waals surface area (Å²) in [6.07, 6.45) is 0.843. The molecule has 0 saturated carbocycles. The number of carbonyl (C=O) groups is 1. The van der Waals surface area contributed by atoms with E-state index in [9.17, 15) is 9.90 Å². The Bertz CT molecular complexity index is 453. The topological polar surface area (TPSA) is 76.0 Å². The van der Waals surface area contributed by atoms with Gasteiger partial charge in [0.1, 0.15) is 0 Å². The van der Waals surface area contributed by atoms with Gasteiger partial charge in [-0.15, -0.1) is 0 Å². The fourth-order valence-corrected chi connectivity index (χ4v) is 1.79. The summed E-state index contributed by atoms with van der Waals surface area (Å²) in [4.78, 5) is 10.9. The molecule has 0 saturated heterocycles. The number of rotatable bonds is 3. The van der Waals surface area contributed by atoms with E-state index in [-0.39, 0.29) is 6.42 Å². The van der Waals surface area contributed by atoms with E-state index < -0.39 is 11.6 Å². The molecule has 1 aromatic rings. The van der Waals surface area contributed by atoms with E-state index >= 15 is 0 Å². The number of aliphatic hydroxyl groups is 1. The predicted molar refractivity (Wildman–Crippen MR) is 64.0 cm³/mol. The Balaban J connectivity index is 2.21. The van der Waals surface area contributed by atoms with Crippen LogP contribution in [-0.2, 0) is 11.2 Å². The average molecular weight is 252 g/mol. The van der Waals surface area contributed by atoms with E-state index in [4.69, 9.17) is 14.6 Å². The molecule has 0 bridgehead atoms. The van der Waals surface area contributed by atoms with Crippen LogP contribution in [0.3, 0.4) is 0 Å². The molecule has 98 valence electrons. The molecule has 0 spiro atoms. The number of carboxylic acid groups (broad SMARTS) is 1. The van der Waals surface area contributed by atoms with Gasteiger partial charge in [0.15, 0.2) is 17.1 Å². The van der Waals surface area contributed by atoms with Crippen LogP contribution in [0.5, 0.6) is 11.5 Å². The van der Waals surface area contributed by atoms with Crippen molar-refractivity contribution in [2.24, 2.45) is 0 Å². The van der Waals surface area contributed by atoms with Gasteiger partial charge in [-0.05, 0) is 24.6 Å². The highest BCUT2D eigenvalue weighted by Crippen LogP contribution is 2.31. The minimum absolute atomic E-state index is 0.0268. The zero-order valence-corrected chi connectivity index (χ0v) is 10.2. The van der Waals surface area contributed by atoms with Crippen LogP contribution in [0.15, 0.2) is 18.2 Å². The SMILES string of the molecule is CC(O)(Cc1ccc2c(c1)OCCCO2)C(=O)O. The summed E-state index contributed by atoms with van der Waals surface area (Å²) in [5.74, 6) is 0.0204. The molecule has 0 amide bonds. The molecular formula is C13H16O5. The van der Waals surface area contributed by atoms with Crippen molar-refractivity contribution in [1.82, 2.24) is 0 Å². The highest BCUT2D eigenvalue weighted by molar-refractivity contribution is 5.77. The minimum atomic E-state index is -1.78. The second-order valence-electron chi connectivity index (χ2n) is 4.59. The molecule has 1 aromatic carbocycles. The van der Waals surface area contributed by atoms with Crippen molar-refractivity contribution in [1.29, 1.82) is 0 Å². The third-order valence-electron chi connectivity index (χ3n) is 2.82. The van der Waals surface area contributed by atoms with Crippen LogP contribution in [0.4, 0.5) is 0 Å². The Morgan fingerprint density at radius 2 is 2.00 bits per heavy atom. The van der Waals surface area contributed by atoms with Crippen LogP contribution in [-0.4, -0.2) is 35.0 Å². The maximum absolute atomic E-state index is 10.9. The van der Waals surface area contributed by atoms with Gasteiger partial charge in [0.05, 0.1) is 13.2 Å². The van der Waals surface area contributed by atoms with Crippen LogP contribution in [0.2, 0.25) is 0 Å². The number of ether oxygens (including phenoxy) is 2. The summed E-state index contributed by atoms with van der Waals surface area (Å²) in [6.45, 7) is 2.46. The molecule has 1 aliphatic rings. The molecule has 5 nitrogen and oxygen atoms in total. The first-order valence-electron chi connectivity index (χ1n) is 5.83. The lowest BCUT2D eigenvalue weighted by Crippen LogP contribution is -2.37. The molecule has 0 fully saturated rings. The smallest absolute Gasteiger partial charge is 0.335 e. The fraction of sp³-hybridized carbons (Fsp3) is 0.462. The van der Waals surface area contributed by atoms with Crippen LogP contribution in [0.1, 0.15) is 18.9 Å². The molecule has 5 heteroatoms. The van der Waals surface area contributed by atoms with E-state index in [2.05, 4.69) is 0 Å². The maximum atomic E-state index is 10.9.